The summed E-state index contributed by atoms with van der Waals surface area (Å²) in [6.45, 7) is 9.11. The van der Waals surface area contributed by atoms with Gasteiger partial charge in [-0.2, -0.15) is 0 Å². The van der Waals surface area contributed by atoms with E-state index >= 15 is 0 Å². The number of amides is 1. The van der Waals surface area contributed by atoms with Crippen LogP contribution in [-0.4, -0.2) is 67.2 Å². The number of allylic oxidation sites excluding steroid dienone is 3. The Bertz CT molecular complexity index is 1050. The highest BCUT2D eigenvalue weighted by Gasteiger charge is 2.49. The van der Waals surface area contributed by atoms with Crippen molar-refractivity contribution < 1.29 is 9.90 Å². The molecule has 1 aromatic heterocycles. The van der Waals surface area contributed by atoms with E-state index < -0.39 is 6.10 Å². The van der Waals surface area contributed by atoms with E-state index in [0.717, 1.165) is 79.8 Å². The van der Waals surface area contributed by atoms with E-state index in [4.69, 9.17) is 0 Å². The predicted octanol–water partition coefficient (Wildman–Crippen LogP) is 2.55. The molecule has 0 bridgehead atoms. The number of rotatable bonds is 5. The number of aliphatic hydroxyl groups excluding tert-OH is 1. The van der Waals surface area contributed by atoms with Crippen molar-refractivity contribution in [1.82, 2.24) is 30.0 Å². The number of carbonyl (C=O) groups is 1. The molecule has 2 saturated heterocycles. The highest BCUT2D eigenvalue weighted by atomic mass is 16.3. The minimum atomic E-state index is -0.572. The Balaban J connectivity index is 1.20. The molecule has 1 spiro atoms. The number of piperidine rings is 1. The molecule has 3 aliphatic rings. The van der Waals surface area contributed by atoms with E-state index in [2.05, 4.69) is 33.1 Å². The number of carbonyl (C=O) groups excluding carboxylic acids is 1. The molecule has 1 aliphatic carbocycles. The predicted molar refractivity (Wildman–Crippen MR) is 120 cm³/mol. The molecule has 1 aromatic carbocycles. The molecule has 5 rings (SSSR count). The first kappa shape index (κ1) is 21.0. The summed E-state index contributed by atoms with van der Waals surface area (Å²) in [5.41, 5.74) is 4.84. The average molecular weight is 435 g/mol. The molecule has 0 radical (unpaired) electrons. The first-order valence-corrected chi connectivity index (χ1v) is 11.4. The van der Waals surface area contributed by atoms with Gasteiger partial charge in [0.25, 0.3) is 0 Å². The monoisotopic (exact) mass is 434 g/mol. The number of benzene rings is 1. The molecular weight excluding hydrogens is 404 g/mol. The highest BCUT2D eigenvalue weighted by Crippen LogP contribution is 2.44. The molecule has 8 heteroatoms. The molecule has 1 atom stereocenters. The minimum absolute atomic E-state index is 0.227. The third-order valence-electron chi connectivity index (χ3n) is 7.40. The van der Waals surface area contributed by atoms with Gasteiger partial charge in [0.1, 0.15) is 6.33 Å². The van der Waals surface area contributed by atoms with Gasteiger partial charge in [-0.05, 0) is 91.9 Å². The number of hydrogen-bond donors (Lipinski definition) is 1. The summed E-state index contributed by atoms with van der Waals surface area (Å²) in [6, 6.07) is 5.85. The number of aliphatic hydroxyl groups is 1. The van der Waals surface area contributed by atoms with Crippen molar-refractivity contribution in [3.05, 3.63) is 59.6 Å². The van der Waals surface area contributed by atoms with Gasteiger partial charge >= 0.3 is 0 Å². The molecule has 32 heavy (non-hydrogen) atoms. The summed E-state index contributed by atoms with van der Waals surface area (Å²) in [5.74, 6) is 0.299. The molecule has 2 fully saturated rings. The fraction of sp³-hybridized carbons (Fsp3) is 0.500. The second kappa shape index (κ2) is 8.26. The molecule has 3 heterocycles. The standard InChI is InChI=1S/C24H30N6O2/c1-17-3-4-19(13-17)29-12-9-24(23(29)32)7-10-28(11-8-24)15-22(31)21-6-5-20(14-18(21)2)30-16-25-26-27-30/h5-6,13-14,16,22,31H,1,3-4,7-12,15H2,2H3. The summed E-state index contributed by atoms with van der Waals surface area (Å²) < 4.78 is 1.60. The molecule has 1 amide bonds. The average Bonchev–Trinajstić information content (AvgIpc) is 3.52. The normalized spacial score (nSPS) is 22.1. The van der Waals surface area contributed by atoms with Gasteiger partial charge < -0.3 is 14.9 Å². The summed E-state index contributed by atoms with van der Waals surface area (Å²) in [5, 5.41) is 22.2. The zero-order chi connectivity index (χ0) is 22.3. The topological polar surface area (TPSA) is 87.4 Å². The first-order valence-electron chi connectivity index (χ1n) is 11.4. The Kier molecular flexibility index (Phi) is 5.43. The van der Waals surface area contributed by atoms with Gasteiger partial charge in [0.2, 0.25) is 5.91 Å². The number of aryl methyl sites for hydroxylation is 1. The third kappa shape index (κ3) is 3.78. The van der Waals surface area contributed by atoms with Crippen LogP contribution in [0, 0.1) is 12.3 Å². The van der Waals surface area contributed by atoms with Crippen molar-refractivity contribution in [2.24, 2.45) is 5.41 Å². The fourth-order valence-corrected chi connectivity index (χ4v) is 5.40. The van der Waals surface area contributed by atoms with Gasteiger partial charge in [0, 0.05) is 18.8 Å². The van der Waals surface area contributed by atoms with Crippen LogP contribution in [0.3, 0.4) is 0 Å². The van der Waals surface area contributed by atoms with Crippen LogP contribution in [0.5, 0.6) is 0 Å². The van der Waals surface area contributed by atoms with Crippen molar-refractivity contribution in [1.29, 1.82) is 0 Å². The molecule has 2 aromatic rings. The lowest BCUT2D eigenvalue weighted by molar-refractivity contribution is -0.137. The number of hydrogen-bond acceptors (Lipinski definition) is 6. The van der Waals surface area contributed by atoms with Gasteiger partial charge in [0.05, 0.1) is 17.2 Å². The van der Waals surface area contributed by atoms with E-state index in [1.54, 1.807) is 11.0 Å². The zero-order valence-electron chi connectivity index (χ0n) is 18.6. The Morgan fingerprint density at radius 3 is 2.62 bits per heavy atom. The largest absolute Gasteiger partial charge is 0.387 e. The highest BCUT2D eigenvalue weighted by molar-refractivity contribution is 5.86. The van der Waals surface area contributed by atoms with Gasteiger partial charge in [-0.1, -0.05) is 18.2 Å². The van der Waals surface area contributed by atoms with Gasteiger partial charge in [0.15, 0.2) is 0 Å². The van der Waals surface area contributed by atoms with E-state index in [9.17, 15) is 9.90 Å². The van der Waals surface area contributed by atoms with Gasteiger partial charge in [-0.15, -0.1) is 5.10 Å². The summed E-state index contributed by atoms with van der Waals surface area (Å²) in [4.78, 5) is 17.6. The van der Waals surface area contributed by atoms with Gasteiger partial charge in [-0.25, -0.2) is 4.68 Å². The maximum Gasteiger partial charge on any atom is 0.233 e. The smallest absolute Gasteiger partial charge is 0.233 e. The summed E-state index contributed by atoms with van der Waals surface area (Å²) in [7, 11) is 0. The SMILES string of the molecule is C=C1C=C(N2CCC3(CCN(CC(O)c4ccc(-n5cnnn5)cc4C)CC3)C2=O)CC1. The molecule has 1 N–H and O–H groups in total. The maximum atomic E-state index is 13.3. The van der Waals surface area contributed by atoms with E-state index in [1.807, 2.05) is 30.0 Å². The van der Waals surface area contributed by atoms with Crippen LogP contribution in [0.25, 0.3) is 5.69 Å². The number of β-amino-alcohol motifs (C(OH)–C–C–N with tert-alkyl or cyclic N) is 1. The lowest BCUT2D eigenvalue weighted by atomic mass is 9.77. The van der Waals surface area contributed by atoms with Crippen LogP contribution in [0.1, 0.15) is 49.3 Å². The molecular formula is C24H30N6O2. The molecule has 0 saturated carbocycles. The fourth-order valence-electron chi connectivity index (χ4n) is 5.40. The van der Waals surface area contributed by atoms with Crippen LogP contribution in [0.15, 0.2) is 48.5 Å². The molecule has 168 valence electrons. The van der Waals surface area contributed by atoms with E-state index in [0.29, 0.717) is 12.5 Å². The Hall–Kier alpha value is -2.84. The van der Waals surface area contributed by atoms with Crippen LogP contribution in [0.2, 0.25) is 0 Å². The van der Waals surface area contributed by atoms with Crippen LogP contribution < -0.4 is 0 Å². The minimum Gasteiger partial charge on any atom is -0.387 e. The van der Waals surface area contributed by atoms with Crippen molar-refractivity contribution in [3.63, 3.8) is 0 Å². The molecule has 2 aliphatic heterocycles. The molecule has 1 unspecified atom stereocenters. The number of likely N-dealkylation sites (tertiary alicyclic amines) is 2. The second-order valence-electron chi connectivity index (χ2n) is 9.39. The third-order valence-corrected chi connectivity index (χ3v) is 7.40. The summed E-state index contributed by atoms with van der Waals surface area (Å²) in [6.07, 6.45) is 7.63. The lowest BCUT2D eigenvalue weighted by Crippen LogP contribution is -2.45. The Labute approximate surface area is 188 Å². The van der Waals surface area contributed by atoms with Crippen molar-refractivity contribution in [2.45, 2.75) is 45.1 Å². The Morgan fingerprint density at radius 1 is 1.19 bits per heavy atom. The van der Waals surface area contributed by atoms with Crippen molar-refractivity contribution in [2.75, 3.05) is 26.2 Å². The Morgan fingerprint density at radius 2 is 1.97 bits per heavy atom. The first-order chi connectivity index (χ1) is 15.4. The summed E-state index contributed by atoms with van der Waals surface area (Å²) >= 11 is 0. The zero-order valence-corrected chi connectivity index (χ0v) is 18.6. The second-order valence-corrected chi connectivity index (χ2v) is 9.39. The van der Waals surface area contributed by atoms with Gasteiger partial charge in [-0.3, -0.25) is 4.79 Å². The molecule has 8 nitrogen and oxygen atoms in total. The number of nitrogens with zero attached hydrogens (tertiary/aromatic N) is 6. The lowest BCUT2D eigenvalue weighted by Gasteiger charge is -2.38. The van der Waals surface area contributed by atoms with Crippen LogP contribution in [0.4, 0.5) is 0 Å². The van der Waals surface area contributed by atoms with E-state index in [-0.39, 0.29) is 5.41 Å². The van der Waals surface area contributed by atoms with Crippen molar-refractivity contribution >= 4 is 5.91 Å². The van der Waals surface area contributed by atoms with Crippen LogP contribution in [-0.2, 0) is 4.79 Å². The quantitative estimate of drug-likeness (QED) is 0.778. The number of aromatic nitrogens is 4. The van der Waals surface area contributed by atoms with E-state index in [1.165, 1.54) is 0 Å². The van der Waals surface area contributed by atoms with Crippen molar-refractivity contribution in [3.8, 4) is 5.69 Å². The van der Waals surface area contributed by atoms with Crippen LogP contribution >= 0.6 is 0 Å². The maximum absolute atomic E-state index is 13.3. The number of tetrazole rings is 1.